The van der Waals surface area contributed by atoms with Gasteiger partial charge in [-0.1, -0.05) is 194 Å². The van der Waals surface area contributed by atoms with Crippen LogP contribution < -0.4 is 5.32 Å². The van der Waals surface area contributed by atoms with Gasteiger partial charge in [-0.3, -0.25) is 19.2 Å². The topological polar surface area (TPSA) is 519 Å². The van der Waals surface area contributed by atoms with Gasteiger partial charge in [0, 0.05) is 40.6 Å². The van der Waals surface area contributed by atoms with Gasteiger partial charge in [-0.15, -0.1) is 80.9 Å². The zero-order valence-electron chi connectivity index (χ0n) is 58.8. The third-order valence-electron chi connectivity index (χ3n) is 14.5. The molecule has 0 heterocycles. The molecular weight excluding hydrogens is 1630 g/mol. The molecule has 0 fully saturated rings. The molecule has 0 amide bonds. The number of rotatable bonds is 39. The van der Waals surface area contributed by atoms with Crippen LogP contribution in [0.3, 0.4) is 0 Å². The third kappa shape index (κ3) is 35.4. The molecule has 0 spiro atoms. The summed E-state index contributed by atoms with van der Waals surface area (Å²) >= 11 is 15.4. The number of phenolic OH excluding ortho intramolecular Hbond substituents is 1. The number of carbonyl (C=O) groups is 4. The highest BCUT2D eigenvalue weighted by Crippen LogP contribution is 2.38. The molecule has 6 atom stereocenters. The van der Waals surface area contributed by atoms with E-state index >= 15 is 0 Å². The lowest BCUT2D eigenvalue weighted by atomic mass is 9.97. The molecule has 0 saturated carbocycles. The Bertz CT molecular complexity index is 4460. The normalized spacial score (nSPS) is 12.0. The van der Waals surface area contributed by atoms with Crippen molar-refractivity contribution in [2.75, 3.05) is 54.8 Å². The van der Waals surface area contributed by atoms with E-state index in [1.165, 1.54) is 24.3 Å². The molecular formula is C67H69Cl2F2N9O29S4. The minimum absolute atomic E-state index is 0. The third-order valence-corrected chi connectivity index (χ3v) is 19.7. The van der Waals surface area contributed by atoms with Crippen LogP contribution in [0.25, 0.3) is 22.3 Å². The van der Waals surface area contributed by atoms with E-state index in [2.05, 4.69) is 44.0 Å². The number of para-hydroxylation sites is 1. The molecule has 0 saturated heterocycles. The van der Waals surface area contributed by atoms with E-state index in [1.54, 1.807) is 119 Å². The number of anilines is 2. The summed E-state index contributed by atoms with van der Waals surface area (Å²) in [6.07, 6.45) is -5.32. The van der Waals surface area contributed by atoms with Crippen molar-refractivity contribution in [3.63, 3.8) is 0 Å². The standard InChI is InChI=1S/C18H17FN2O8S.C18H17FN2O7S.C17H15Cl2N3O7S.C13H16N2O7S.CH4/c1-11-6-14(19)3-4-16(11)12-2-5-17(22)13(7-12)8-18(23)30-10-15(29-21(26)27)9-28-20(24)25;1-12(18(22)29-11-15(28-21(25)26)10-27-20(23)24)14-7-8-16(17(19)9-14)13-5-3-2-4-6-13;1-10-6-7-13(18)16(15(10)19)20-14-5-3-2-4-12(14)17(23)30-9-11(29-22(26)27)8-28-21(24)25;1-9-3-5-11(6-4-9)10(2)13(16)23-8-12(22-15(19)20)7-21-14(17)18;/h2-7,15,22H,8-10H2,1H3;2-9,12,15H,10-11H2,1H3;2-7,11,20H,8-9H2,1H3;3-6,10,12H,7-8H2,1-2H3;1H4. The quantitative estimate of drug-likeness (QED) is 0.0267. The fourth-order valence-corrected chi connectivity index (χ4v) is 12.9. The first kappa shape index (κ1) is 95.5. The number of phenols is 1. The maximum Gasteiger partial charge on any atom is 0.294 e. The predicted molar refractivity (Wildman–Crippen MR) is 408 cm³/mol. The molecule has 0 bridgehead atoms. The second kappa shape index (κ2) is 48.8. The Balaban J connectivity index is 0.000000391. The maximum atomic E-state index is 14.5. The summed E-state index contributed by atoms with van der Waals surface area (Å²) in [6, 6.07) is 39.7. The van der Waals surface area contributed by atoms with Crippen molar-refractivity contribution in [1.29, 1.82) is 0 Å². The van der Waals surface area contributed by atoms with Crippen molar-refractivity contribution in [3.05, 3.63) is 287 Å². The van der Waals surface area contributed by atoms with Crippen LogP contribution in [0.2, 0.25) is 10.0 Å². The number of carbonyl (C=O) groups excluding carboxylic acids is 4. The summed E-state index contributed by atoms with van der Waals surface area (Å²) < 4.78 is 27.8. The Hall–Kier alpha value is -11.7. The van der Waals surface area contributed by atoms with Crippen molar-refractivity contribution in [2.45, 2.75) is 84.7 Å². The number of nitrogens with one attached hydrogen (secondary N) is 1. The van der Waals surface area contributed by atoms with Crippen molar-refractivity contribution in [1.82, 2.24) is 0 Å². The summed E-state index contributed by atoms with van der Waals surface area (Å²) in [7, 11) is 0. The van der Waals surface area contributed by atoms with Crippen molar-refractivity contribution in [2.24, 2.45) is 0 Å². The van der Waals surface area contributed by atoms with Gasteiger partial charge < -0.3 is 49.1 Å². The Labute approximate surface area is 665 Å². The average Bonchev–Trinajstić information content (AvgIpc) is 0.828. The highest BCUT2D eigenvalue weighted by Gasteiger charge is 2.27. The van der Waals surface area contributed by atoms with Crippen LogP contribution in [0.15, 0.2) is 146 Å². The lowest BCUT2D eigenvalue weighted by Crippen LogP contribution is -2.27. The molecule has 7 rings (SSSR count). The Kier molecular flexibility index (Phi) is 41.2. The molecule has 0 aliphatic heterocycles. The lowest BCUT2D eigenvalue weighted by molar-refractivity contribution is -0.788. The van der Waals surface area contributed by atoms with E-state index in [0.29, 0.717) is 90.1 Å². The molecule has 113 heavy (non-hydrogen) atoms. The zero-order valence-corrected chi connectivity index (χ0v) is 63.6. The summed E-state index contributed by atoms with van der Waals surface area (Å²) in [5, 5.41) is 86.3. The van der Waals surface area contributed by atoms with Crippen LogP contribution in [-0.2, 0) is 59.5 Å². The van der Waals surface area contributed by atoms with Crippen LogP contribution in [0, 0.1) is 113 Å². The van der Waals surface area contributed by atoms with Gasteiger partial charge >= 0.3 is 0 Å². The van der Waals surface area contributed by atoms with Crippen LogP contribution >= 0.6 is 70.2 Å². The average molecular weight is 1700 g/mol. The van der Waals surface area contributed by atoms with Gasteiger partial charge in [0.1, 0.15) is 68.2 Å². The van der Waals surface area contributed by atoms with Crippen LogP contribution in [0.4, 0.5) is 20.2 Å². The first-order valence-corrected chi connectivity index (χ1v) is 36.4. The van der Waals surface area contributed by atoms with E-state index in [-0.39, 0.29) is 59.1 Å². The second-order valence-corrected chi connectivity index (χ2v) is 27.5. The summed E-state index contributed by atoms with van der Waals surface area (Å²) in [5.41, 5.74) is 7.70. The van der Waals surface area contributed by atoms with Crippen LogP contribution in [-0.4, -0.2) is 140 Å². The van der Waals surface area contributed by atoms with Gasteiger partial charge in [0.2, 0.25) is 5.12 Å². The molecule has 608 valence electrons. The Morgan fingerprint density at radius 3 is 1.39 bits per heavy atom. The van der Waals surface area contributed by atoms with Crippen LogP contribution in [0.1, 0.15) is 76.8 Å². The van der Waals surface area contributed by atoms with Gasteiger partial charge in [0.15, 0.2) is 15.3 Å². The molecule has 0 aliphatic carbocycles. The van der Waals surface area contributed by atoms with Gasteiger partial charge in [0.25, 0.3) is 40.7 Å². The molecule has 2 N–H and O–H groups in total. The molecule has 0 radical (unpaired) electrons. The molecule has 0 aliphatic rings. The number of halogens is 4. The number of benzene rings is 7. The summed E-state index contributed by atoms with van der Waals surface area (Å²) in [6.45, 7) is 6.05. The lowest BCUT2D eigenvalue weighted by Gasteiger charge is -2.16. The first-order valence-electron chi connectivity index (χ1n) is 31.7. The molecule has 0 aromatic heterocycles. The number of hydrogen-bond acceptors (Lipinski definition) is 34. The summed E-state index contributed by atoms with van der Waals surface area (Å²) in [5.74, 6) is -2.95. The molecule has 46 heteroatoms. The number of hydrogen-bond donors (Lipinski definition) is 2. The van der Waals surface area contributed by atoms with E-state index < -0.39 is 125 Å². The molecule has 7 aromatic carbocycles. The molecule has 6 unspecified atom stereocenters. The number of aryl methyl sites for hydroxylation is 3. The number of thioether (sulfide) groups is 4. The van der Waals surface area contributed by atoms with Crippen molar-refractivity contribution in [3.8, 4) is 28.0 Å². The molecule has 7 aromatic rings. The Morgan fingerprint density at radius 2 is 0.920 bits per heavy atom. The first-order chi connectivity index (χ1) is 52.9. The smallest absolute Gasteiger partial charge is 0.294 e. The predicted octanol–water partition coefficient (Wildman–Crippen LogP) is 14.2. The van der Waals surface area contributed by atoms with Gasteiger partial charge in [-0.05, 0) is 108 Å². The van der Waals surface area contributed by atoms with Crippen molar-refractivity contribution >= 4 is 102 Å². The maximum absolute atomic E-state index is 14.5. The van der Waals surface area contributed by atoms with Gasteiger partial charge in [0.05, 0.1) is 38.8 Å². The minimum Gasteiger partial charge on any atom is -0.508 e. The summed E-state index contributed by atoms with van der Waals surface area (Å²) in [4.78, 5) is 166. The largest absolute Gasteiger partial charge is 0.508 e. The second-order valence-electron chi connectivity index (χ2n) is 22.6. The number of nitrogens with zero attached hydrogens (tertiary/aromatic N) is 8. The fraction of sp³-hybridized carbons (Fsp3) is 0.313. The zero-order chi connectivity index (χ0) is 83.3. The highest BCUT2D eigenvalue weighted by molar-refractivity contribution is 8.14. The van der Waals surface area contributed by atoms with Crippen molar-refractivity contribution < 1.29 is 112 Å². The van der Waals surface area contributed by atoms with E-state index in [4.69, 9.17) is 23.2 Å². The highest BCUT2D eigenvalue weighted by atomic mass is 35.5. The fourth-order valence-electron chi connectivity index (χ4n) is 9.04. The van der Waals surface area contributed by atoms with Crippen LogP contribution in [0.5, 0.6) is 5.75 Å². The molecule has 38 nitrogen and oxygen atoms in total. The van der Waals surface area contributed by atoms with E-state index in [0.717, 1.165) is 34.0 Å². The van der Waals surface area contributed by atoms with E-state index in [1.807, 2.05) is 37.3 Å². The SMILES string of the molecule is C.CC(C(=O)SCC(CO[N+](=O)[O-])O[N+](=O)[O-])c1ccc(-c2ccccc2)c(F)c1.Cc1cc(F)ccc1-c1ccc(O)c(CC(=O)SCC(CO[N+](=O)[O-])O[N+](=O)[O-])c1.Cc1ccc(C(C)C(=O)SCC(CO[N+](=O)[O-])O[N+](=O)[O-])cc1.Cc1ccc(Cl)c(Nc2ccccc2C(=O)SCC(CO[N+](=O)[O-])O[N+](=O)[O-])c1Cl. The Morgan fingerprint density at radius 1 is 0.478 bits per heavy atom. The van der Waals surface area contributed by atoms with Gasteiger partial charge in [-0.2, -0.15) is 0 Å². The minimum atomic E-state index is -1.32. The van der Waals surface area contributed by atoms with Gasteiger partial charge in [-0.25, -0.2) is 8.78 Å². The van der Waals surface area contributed by atoms with E-state index in [9.17, 15) is 114 Å². The monoisotopic (exact) mass is 1700 g/mol. The number of aromatic hydroxyl groups is 1.